The minimum Gasteiger partial charge on any atom is -0.368 e. The van der Waals surface area contributed by atoms with E-state index in [1.54, 1.807) is 18.2 Å². The van der Waals surface area contributed by atoms with Crippen LogP contribution >= 0.6 is 11.6 Å². The Kier molecular flexibility index (Phi) is 6.17. The van der Waals surface area contributed by atoms with E-state index in [9.17, 15) is 18.0 Å². The van der Waals surface area contributed by atoms with Crippen LogP contribution < -0.4 is 11.1 Å². The van der Waals surface area contributed by atoms with Crippen molar-refractivity contribution in [3.8, 4) is 0 Å². The standard InChI is InChI=1S/C17H17ClN2O4S/c18-13-8-6-12(7-9-13)17(22)20-15(16(19)21)10-11-25(23,24)14-4-2-1-3-5-14/h1-9,15H,10-11H2,(H2,19,21)(H,20,22)/t15-/m1/s1. The van der Waals surface area contributed by atoms with Crippen molar-refractivity contribution in [2.75, 3.05) is 5.75 Å². The molecule has 0 aromatic heterocycles. The summed E-state index contributed by atoms with van der Waals surface area (Å²) in [7, 11) is -3.57. The number of amides is 2. The van der Waals surface area contributed by atoms with E-state index in [-0.39, 0.29) is 17.1 Å². The maximum atomic E-state index is 12.3. The van der Waals surface area contributed by atoms with E-state index in [0.717, 1.165) is 0 Å². The van der Waals surface area contributed by atoms with Gasteiger partial charge in [0.2, 0.25) is 5.91 Å². The van der Waals surface area contributed by atoms with Crippen molar-refractivity contribution in [2.45, 2.75) is 17.4 Å². The smallest absolute Gasteiger partial charge is 0.251 e. The predicted molar refractivity (Wildman–Crippen MR) is 95.0 cm³/mol. The number of nitrogens with one attached hydrogen (secondary N) is 1. The summed E-state index contributed by atoms with van der Waals surface area (Å²) in [5.41, 5.74) is 5.58. The summed E-state index contributed by atoms with van der Waals surface area (Å²) in [4.78, 5) is 23.9. The minimum atomic E-state index is -3.57. The third kappa shape index (κ3) is 5.30. The summed E-state index contributed by atoms with van der Waals surface area (Å²) in [5.74, 6) is -1.64. The van der Waals surface area contributed by atoms with Crippen molar-refractivity contribution < 1.29 is 18.0 Å². The van der Waals surface area contributed by atoms with Crippen molar-refractivity contribution in [1.29, 1.82) is 0 Å². The monoisotopic (exact) mass is 380 g/mol. The first-order valence-electron chi connectivity index (χ1n) is 7.43. The third-order valence-corrected chi connectivity index (χ3v) is 5.55. The minimum absolute atomic E-state index is 0.119. The molecule has 8 heteroatoms. The largest absolute Gasteiger partial charge is 0.368 e. The fourth-order valence-corrected chi connectivity index (χ4v) is 3.63. The highest BCUT2D eigenvalue weighted by Crippen LogP contribution is 2.13. The summed E-state index contributed by atoms with van der Waals surface area (Å²) in [6.45, 7) is 0. The van der Waals surface area contributed by atoms with E-state index >= 15 is 0 Å². The molecule has 0 aliphatic rings. The highest BCUT2D eigenvalue weighted by molar-refractivity contribution is 7.91. The number of carbonyl (C=O) groups is 2. The maximum Gasteiger partial charge on any atom is 0.251 e. The van der Waals surface area contributed by atoms with E-state index in [1.165, 1.54) is 36.4 Å². The number of halogens is 1. The highest BCUT2D eigenvalue weighted by Gasteiger charge is 2.23. The van der Waals surface area contributed by atoms with Gasteiger partial charge in [0.05, 0.1) is 10.6 Å². The Labute approximate surface area is 150 Å². The Morgan fingerprint density at radius 3 is 2.20 bits per heavy atom. The van der Waals surface area contributed by atoms with Gasteiger partial charge in [-0.2, -0.15) is 0 Å². The molecule has 0 radical (unpaired) electrons. The average Bonchev–Trinajstić information content (AvgIpc) is 2.59. The number of hydrogen-bond acceptors (Lipinski definition) is 4. The third-order valence-electron chi connectivity index (χ3n) is 3.53. The molecule has 25 heavy (non-hydrogen) atoms. The Hall–Kier alpha value is -2.38. The van der Waals surface area contributed by atoms with Gasteiger partial charge in [-0.3, -0.25) is 9.59 Å². The molecule has 0 fully saturated rings. The average molecular weight is 381 g/mol. The van der Waals surface area contributed by atoms with Gasteiger partial charge in [0.25, 0.3) is 5.91 Å². The lowest BCUT2D eigenvalue weighted by Crippen LogP contribution is -2.45. The molecule has 6 nitrogen and oxygen atoms in total. The molecule has 0 aliphatic carbocycles. The normalized spacial score (nSPS) is 12.4. The molecule has 0 bridgehead atoms. The van der Waals surface area contributed by atoms with Crippen molar-refractivity contribution in [3.05, 3.63) is 65.2 Å². The first-order valence-corrected chi connectivity index (χ1v) is 9.46. The molecular formula is C17H17ClN2O4S. The zero-order valence-electron chi connectivity index (χ0n) is 13.2. The van der Waals surface area contributed by atoms with Crippen molar-refractivity contribution in [3.63, 3.8) is 0 Å². The van der Waals surface area contributed by atoms with Crippen LogP contribution in [0.15, 0.2) is 59.5 Å². The molecule has 0 spiro atoms. The van der Waals surface area contributed by atoms with E-state index in [1.807, 2.05) is 0 Å². The lowest BCUT2D eigenvalue weighted by Gasteiger charge is -2.15. The van der Waals surface area contributed by atoms with Gasteiger partial charge in [0, 0.05) is 10.6 Å². The van der Waals surface area contributed by atoms with Crippen LogP contribution in [0.25, 0.3) is 0 Å². The van der Waals surface area contributed by atoms with Crippen LogP contribution in [0.5, 0.6) is 0 Å². The second-order valence-corrected chi connectivity index (χ2v) is 7.90. The molecule has 2 aromatic rings. The molecule has 0 unspecified atom stereocenters. The molecule has 1 atom stereocenters. The van der Waals surface area contributed by atoms with E-state index in [4.69, 9.17) is 17.3 Å². The zero-order valence-corrected chi connectivity index (χ0v) is 14.8. The molecule has 132 valence electrons. The van der Waals surface area contributed by atoms with Crippen molar-refractivity contribution >= 4 is 33.3 Å². The van der Waals surface area contributed by atoms with Crippen molar-refractivity contribution in [2.24, 2.45) is 5.73 Å². The second-order valence-electron chi connectivity index (χ2n) is 5.36. The van der Waals surface area contributed by atoms with Gasteiger partial charge >= 0.3 is 0 Å². The Morgan fingerprint density at radius 1 is 1.04 bits per heavy atom. The number of nitrogens with two attached hydrogens (primary N) is 1. The Balaban J connectivity index is 2.05. The molecular weight excluding hydrogens is 364 g/mol. The van der Waals surface area contributed by atoms with E-state index in [2.05, 4.69) is 5.32 Å². The highest BCUT2D eigenvalue weighted by atomic mass is 35.5. The van der Waals surface area contributed by atoms with Gasteiger partial charge in [-0.15, -0.1) is 0 Å². The number of sulfone groups is 1. The summed E-state index contributed by atoms with van der Waals surface area (Å²) >= 11 is 5.76. The topological polar surface area (TPSA) is 106 Å². The van der Waals surface area contributed by atoms with Gasteiger partial charge in [-0.05, 0) is 42.8 Å². The SMILES string of the molecule is NC(=O)[C@@H](CCS(=O)(=O)c1ccccc1)NC(=O)c1ccc(Cl)cc1. The molecule has 2 amide bonds. The van der Waals surface area contributed by atoms with Crippen LogP contribution in [0, 0.1) is 0 Å². The number of rotatable bonds is 7. The molecule has 2 rings (SSSR count). The Bertz CT molecular complexity index is 852. The van der Waals surface area contributed by atoms with Gasteiger partial charge in [0.1, 0.15) is 6.04 Å². The molecule has 0 heterocycles. The lowest BCUT2D eigenvalue weighted by atomic mass is 10.1. The van der Waals surface area contributed by atoms with E-state index < -0.39 is 27.7 Å². The number of benzene rings is 2. The predicted octanol–water partition coefficient (Wildman–Crippen LogP) is 1.79. The van der Waals surface area contributed by atoms with Crippen LogP contribution in [0.4, 0.5) is 0 Å². The van der Waals surface area contributed by atoms with Crippen LogP contribution in [-0.4, -0.2) is 32.0 Å². The van der Waals surface area contributed by atoms with Gasteiger partial charge in [0.15, 0.2) is 9.84 Å². The number of carbonyl (C=O) groups excluding carboxylic acids is 2. The van der Waals surface area contributed by atoms with Crippen LogP contribution in [0.2, 0.25) is 5.02 Å². The molecule has 0 saturated heterocycles. The number of primary amides is 1. The second kappa shape index (κ2) is 8.13. The zero-order chi connectivity index (χ0) is 18.4. The molecule has 2 aromatic carbocycles. The van der Waals surface area contributed by atoms with E-state index in [0.29, 0.717) is 10.6 Å². The van der Waals surface area contributed by atoms with Crippen LogP contribution in [0.1, 0.15) is 16.8 Å². The van der Waals surface area contributed by atoms with Crippen LogP contribution in [-0.2, 0) is 14.6 Å². The first kappa shape index (κ1) is 19.0. The number of hydrogen-bond donors (Lipinski definition) is 2. The summed E-state index contributed by atoms with van der Waals surface area (Å²) in [6, 6.07) is 12.8. The van der Waals surface area contributed by atoms with Crippen LogP contribution in [0.3, 0.4) is 0 Å². The summed E-state index contributed by atoms with van der Waals surface area (Å²) in [6.07, 6.45) is -0.119. The van der Waals surface area contributed by atoms with Gasteiger partial charge in [-0.1, -0.05) is 29.8 Å². The molecule has 0 saturated carbocycles. The van der Waals surface area contributed by atoms with Crippen molar-refractivity contribution in [1.82, 2.24) is 5.32 Å². The van der Waals surface area contributed by atoms with Gasteiger partial charge in [-0.25, -0.2) is 8.42 Å². The summed E-state index contributed by atoms with van der Waals surface area (Å²) < 4.78 is 24.5. The lowest BCUT2D eigenvalue weighted by molar-refractivity contribution is -0.119. The molecule has 0 aliphatic heterocycles. The first-order chi connectivity index (χ1) is 11.8. The summed E-state index contributed by atoms with van der Waals surface area (Å²) in [5, 5.41) is 2.92. The Morgan fingerprint density at radius 2 is 1.64 bits per heavy atom. The van der Waals surface area contributed by atoms with Gasteiger partial charge < -0.3 is 11.1 Å². The fraction of sp³-hybridized carbons (Fsp3) is 0.176. The fourth-order valence-electron chi connectivity index (χ4n) is 2.15. The maximum absolute atomic E-state index is 12.3. The quantitative estimate of drug-likeness (QED) is 0.763. The molecule has 3 N–H and O–H groups in total.